The van der Waals surface area contributed by atoms with Crippen LogP contribution in [0.15, 0.2) is 12.1 Å². The lowest BCUT2D eigenvalue weighted by molar-refractivity contribution is -0.384. The van der Waals surface area contributed by atoms with Gasteiger partial charge in [0.15, 0.2) is 0 Å². The molecule has 0 heterocycles. The maximum atomic E-state index is 10.7. The second-order valence-corrected chi connectivity index (χ2v) is 3.20. The zero-order valence-corrected chi connectivity index (χ0v) is 8.40. The van der Waals surface area contributed by atoms with Gasteiger partial charge in [0.05, 0.1) is 4.92 Å². The Bertz CT molecular complexity index is 406. The molecule has 6 nitrogen and oxygen atoms in total. The Labute approximate surface area is 86.2 Å². The van der Waals surface area contributed by atoms with E-state index in [0.29, 0.717) is 16.8 Å². The number of non-ortho nitro benzene ring substituents is 1. The van der Waals surface area contributed by atoms with Gasteiger partial charge in [0.2, 0.25) is 0 Å². The van der Waals surface area contributed by atoms with E-state index in [4.69, 9.17) is 5.73 Å². The van der Waals surface area contributed by atoms with E-state index < -0.39 is 11.0 Å². The average Bonchev–Trinajstić information content (AvgIpc) is 2.10. The molecule has 0 radical (unpaired) electrons. The van der Waals surface area contributed by atoms with Gasteiger partial charge in [-0.25, -0.2) is 4.79 Å². The van der Waals surface area contributed by atoms with Crippen LogP contribution in [-0.4, -0.2) is 11.0 Å². The van der Waals surface area contributed by atoms with E-state index >= 15 is 0 Å². The number of primary amides is 1. The number of anilines is 1. The highest BCUT2D eigenvalue weighted by Crippen LogP contribution is 2.25. The van der Waals surface area contributed by atoms with Crippen molar-refractivity contribution in [2.75, 3.05) is 5.32 Å². The number of aryl methyl sites for hydroxylation is 2. The lowest BCUT2D eigenvalue weighted by Crippen LogP contribution is -2.20. The minimum atomic E-state index is -0.685. The second kappa shape index (κ2) is 3.95. The topological polar surface area (TPSA) is 98.3 Å². The molecule has 2 amide bonds. The number of nitrogens with one attached hydrogen (secondary N) is 1. The van der Waals surface area contributed by atoms with Crippen LogP contribution < -0.4 is 11.1 Å². The zero-order valence-electron chi connectivity index (χ0n) is 8.40. The molecule has 1 aromatic carbocycles. The molecule has 1 rings (SSSR count). The third-order valence-corrected chi connectivity index (χ3v) is 1.98. The van der Waals surface area contributed by atoms with Gasteiger partial charge in [-0.2, -0.15) is 0 Å². The van der Waals surface area contributed by atoms with Crippen molar-refractivity contribution in [3.05, 3.63) is 33.4 Å². The van der Waals surface area contributed by atoms with Crippen molar-refractivity contribution in [1.82, 2.24) is 0 Å². The Morgan fingerprint density at radius 1 is 1.40 bits per heavy atom. The first kappa shape index (κ1) is 11.0. The number of hydrogen-bond donors (Lipinski definition) is 2. The molecule has 15 heavy (non-hydrogen) atoms. The molecule has 0 aromatic heterocycles. The maximum absolute atomic E-state index is 10.7. The lowest BCUT2D eigenvalue weighted by Gasteiger charge is -2.09. The summed E-state index contributed by atoms with van der Waals surface area (Å²) in [5.74, 6) is 0. The van der Waals surface area contributed by atoms with Crippen LogP contribution >= 0.6 is 0 Å². The summed E-state index contributed by atoms with van der Waals surface area (Å²) in [5.41, 5.74) is 6.72. The van der Waals surface area contributed by atoms with Crippen LogP contribution in [0.1, 0.15) is 11.1 Å². The van der Waals surface area contributed by atoms with Crippen LogP contribution in [0.5, 0.6) is 0 Å². The van der Waals surface area contributed by atoms with E-state index in [9.17, 15) is 14.9 Å². The highest BCUT2D eigenvalue weighted by atomic mass is 16.6. The average molecular weight is 209 g/mol. The number of nitro groups is 1. The molecule has 80 valence electrons. The summed E-state index contributed by atoms with van der Waals surface area (Å²) < 4.78 is 0. The highest BCUT2D eigenvalue weighted by Gasteiger charge is 2.12. The van der Waals surface area contributed by atoms with Gasteiger partial charge in [0.25, 0.3) is 5.69 Å². The van der Waals surface area contributed by atoms with Gasteiger partial charge in [-0.05, 0) is 25.0 Å². The highest BCUT2D eigenvalue weighted by molar-refractivity contribution is 5.90. The molecule has 0 aliphatic carbocycles. The first-order valence-corrected chi connectivity index (χ1v) is 4.24. The molecule has 0 saturated carbocycles. The SMILES string of the molecule is Cc1cc([N+](=O)[O-])cc(C)c1NC(N)=O. The van der Waals surface area contributed by atoms with Gasteiger partial charge in [0.1, 0.15) is 0 Å². The molecule has 0 spiro atoms. The van der Waals surface area contributed by atoms with Crippen LogP contribution in [0.3, 0.4) is 0 Å². The van der Waals surface area contributed by atoms with Crippen molar-refractivity contribution in [3.63, 3.8) is 0 Å². The molecule has 0 saturated heterocycles. The molecule has 0 aliphatic rings. The van der Waals surface area contributed by atoms with Crippen molar-refractivity contribution in [1.29, 1.82) is 0 Å². The third kappa shape index (κ3) is 2.43. The van der Waals surface area contributed by atoms with Gasteiger partial charge in [-0.1, -0.05) is 0 Å². The smallest absolute Gasteiger partial charge is 0.316 e. The van der Waals surface area contributed by atoms with Crippen molar-refractivity contribution in [2.45, 2.75) is 13.8 Å². The number of carbonyl (C=O) groups is 1. The summed E-state index contributed by atoms with van der Waals surface area (Å²) in [6.07, 6.45) is 0. The normalized spacial score (nSPS) is 9.73. The lowest BCUT2D eigenvalue weighted by atomic mass is 10.1. The van der Waals surface area contributed by atoms with Crippen LogP contribution in [0.2, 0.25) is 0 Å². The predicted molar refractivity (Wildman–Crippen MR) is 55.8 cm³/mol. The minimum Gasteiger partial charge on any atom is -0.351 e. The number of amides is 2. The fraction of sp³-hybridized carbons (Fsp3) is 0.222. The summed E-state index contributed by atoms with van der Waals surface area (Å²) in [7, 11) is 0. The van der Waals surface area contributed by atoms with Crippen molar-refractivity contribution < 1.29 is 9.72 Å². The maximum Gasteiger partial charge on any atom is 0.316 e. The summed E-state index contributed by atoms with van der Waals surface area (Å²) in [5, 5.41) is 13.0. The molecular weight excluding hydrogens is 198 g/mol. The number of carbonyl (C=O) groups excluding carboxylic acids is 1. The van der Waals surface area contributed by atoms with Crippen LogP contribution in [0, 0.1) is 24.0 Å². The van der Waals surface area contributed by atoms with E-state index in [1.807, 2.05) is 0 Å². The van der Waals surface area contributed by atoms with Gasteiger partial charge in [-0.15, -0.1) is 0 Å². The van der Waals surface area contributed by atoms with E-state index in [-0.39, 0.29) is 5.69 Å². The van der Waals surface area contributed by atoms with Crippen LogP contribution in [0.25, 0.3) is 0 Å². The van der Waals surface area contributed by atoms with Crippen molar-refractivity contribution >= 4 is 17.4 Å². The number of rotatable bonds is 2. The standard InChI is InChI=1S/C9H11N3O3/c1-5-3-7(12(14)15)4-6(2)8(5)11-9(10)13/h3-4H,1-2H3,(H3,10,11,13). The quantitative estimate of drug-likeness (QED) is 0.572. The van der Waals surface area contributed by atoms with E-state index in [0.717, 1.165) is 0 Å². The number of nitrogens with two attached hydrogens (primary N) is 1. The van der Waals surface area contributed by atoms with Gasteiger partial charge in [0, 0.05) is 17.8 Å². The minimum absolute atomic E-state index is 0.0000189. The summed E-state index contributed by atoms with van der Waals surface area (Å²) in [6.45, 7) is 3.34. The third-order valence-electron chi connectivity index (χ3n) is 1.98. The number of hydrogen-bond acceptors (Lipinski definition) is 3. The van der Waals surface area contributed by atoms with E-state index in [1.165, 1.54) is 12.1 Å². The molecule has 3 N–H and O–H groups in total. The number of nitro benzene ring substituents is 1. The number of urea groups is 1. The van der Waals surface area contributed by atoms with E-state index in [1.54, 1.807) is 13.8 Å². The van der Waals surface area contributed by atoms with Crippen molar-refractivity contribution in [2.24, 2.45) is 5.73 Å². The summed E-state index contributed by atoms with van der Waals surface area (Å²) in [4.78, 5) is 20.7. The molecule has 0 fully saturated rings. The fourth-order valence-corrected chi connectivity index (χ4v) is 1.37. The monoisotopic (exact) mass is 209 g/mol. The van der Waals surface area contributed by atoms with Crippen LogP contribution in [0.4, 0.5) is 16.2 Å². The fourth-order valence-electron chi connectivity index (χ4n) is 1.37. The molecule has 6 heteroatoms. The zero-order chi connectivity index (χ0) is 11.6. The van der Waals surface area contributed by atoms with Crippen LogP contribution in [-0.2, 0) is 0 Å². The first-order valence-electron chi connectivity index (χ1n) is 4.24. The Morgan fingerprint density at radius 3 is 2.20 bits per heavy atom. The first-order chi connectivity index (χ1) is 6.91. The molecule has 0 unspecified atom stereocenters. The molecule has 1 aromatic rings. The molecule has 0 atom stereocenters. The molecule has 0 aliphatic heterocycles. The largest absolute Gasteiger partial charge is 0.351 e. The Morgan fingerprint density at radius 2 is 1.87 bits per heavy atom. The van der Waals surface area contributed by atoms with Gasteiger partial charge in [-0.3, -0.25) is 10.1 Å². The number of nitrogens with zero attached hydrogens (tertiary/aromatic N) is 1. The Kier molecular flexibility index (Phi) is 2.89. The Balaban J connectivity index is 3.21. The van der Waals surface area contributed by atoms with E-state index in [2.05, 4.69) is 5.32 Å². The number of benzene rings is 1. The van der Waals surface area contributed by atoms with Gasteiger partial charge < -0.3 is 11.1 Å². The molecular formula is C9H11N3O3. The summed E-state index contributed by atoms with van der Waals surface area (Å²) >= 11 is 0. The van der Waals surface area contributed by atoms with Gasteiger partial charge >= 0.3 is 6.03 Å². The summed E-state index contributed by atoms with van der Waals surface area (Å²) in [6, 6.07) is 2.09. The molecule has 0 bridgehead atoms. The second-order valence-electron chi connectivity index (χ2n) is 3.20. The predicted octanol–water partition coefficient (Wildman–Crippen LogP) is 1.70. The van der Waals surface area contributed by atoms with Crippen molar-refractivity contribution in [3.8, 4) is 0 Å². The Hall–Kier alpha value is -2.11.